The molecule has 0 bridgehead atoms. The molecule has 1 amide bonds. The molecule has 1 unspecified atom stereocenters. The highest BCUT2D eigenvalue weighted by atomic mass is 32.1. The molecule has 9 nitrogen and oxygen atoms in total. The topological polar surface area (TPSA) is 139 Å². The van der Waals surface area contributed by atoms with Crippen LogP contribution in [-0.4, -0.2) is 46.1 Å². The third-order valence-electron chi connectivity index (χ3n) is 4.23. The van der Waals surface area contributed by atoms with Crippen molar-refractivity contribution in [3.63, 3.8) is 0 Å². The summed E-state index contributed by atoms with van der Waals surface area (Å²) in [7, 11) is 0. The number of carboxylic acid groups (broad SMARTS) is 1. The molecule has 3 aromatic rings. The van der Waals surface area contributed by atoms with Gasteiger partial charge in [0.15, 0.2) is 6.10 Å². The van der Waals surface area contributed by atoms with E-state index in [2.05, 4.69) is 20.6 Å². The number of hydrogen-bond donors (Lipinski definition) is 4. The second kappa shape index (κ2) is 9.01. The molecule has 0 radical (unpaired) electrons. The number of aryl methyl sites for hydroxylation is 1. The van der Waals surface area contributed by atoms with Crippen LogP contribution < -0.4 is 21.1 Å². The first kappa shape index (κ1) is 21.4. The molecule has 158 valence electrons. The molecular weight excluding hydrogens is 413 g/mol. The van der Waals surface area contributed by atoms with Gasteiger partial charge in [0, 0.05) is 19.2 Å². The number of amides is 1. The van der Waals surface area contributed by atoms with Crippen molar-refractivity contribution in [2.75, 3.05) is 18.4 Å². The van der Waals surface area contributed by atoms with E-state index < -0.39 is 17.9 Å². The summed E-state index contributed by atoms with van der Waals surface area (Å²) in [6.07, 6.45) is 0.407. The Morgan fingerprint density at radius 2 is 2.13 bits per heavy atom. The fraction of sp³-hybridized carbons (Fsp3) is 0.263. The first-order valence-corrected chi connectivity index (χ1v) is 9.81. The van der Waals surface area contributed by atoms with Crippen LogP contribution >= 0.6 is 11.3 Å². The van der Waals surface area contributed by atoms with Gasteiger partial charge in [-0.2, -0.15) is 0 Å². The zero-order chi connectivity index (χ0) is 21.8. The number of carboxylic acids is 1. The summed E-state index contributed by atoms with van der Waals surface area (Å²) >= 11 is 1.04. The van der Waals surface area contributed by atoms with Gasteiger partial charge in [0.2, 0.25) is 0 Å². The lowest BCUT2D eigenvalue weighted by Crippen LogP contribution is -2.38. The van der Waals surface area contributed by atoms with Crippen LogP contribution in [0.1, 0.15) is 22.2 Å². The highest BCUT2D eigenvalue weighted by molar-refractivity contribution is 7.20. The Labute approximate surface area is 175 Å². The smallest absolute Gasteiger partial charge is 0.346 e. The second-order valence-electron chi connectivity index (χ2n) is 6.37. The van der Waals surface area contributed by atoms with E-state index in [9.17, 15) is 19.1 Å². The van der Waals surface area contributed by atoms with E-state index in [1.165, 1.54) is 25.4 Å². The maximum absolute atomic E-state index is 13.8. The van der Waals surface area contributed by atoms with Crippen molar-refractivity contribution in [1.29, 1.82) is 0 Å². The largest absolute Gasteiger partial charge is 0.479 e. The SMILES string of the molecule is Cc1c(C(=O)O)sc2ncnc(Nc3ccc(F)cc3OC(C)C(=O)NCCN)c12. The molecule has 0 aliphatic carbocycles. The zero-order valence-corrected chi connectivity index (χ0v) is 17.0. The maximum Gasteiger partial charge on any atom is 0.346 e. The van der Waals surface area contributed by atoms with Gasteiger partial charge >= 0.3 is 5.97 Å². The second-order valence-corrected chi connectivity index (χ2v) is 7.37. The van der Waals surface area contributed by atoms with Crippen molar-refractivity contribution < 1.29 is 23.8 Å². The third-order valence-corrected chi connectivity index (χ3v) is 5.42. The van der Waals surface area contributed by atoms with Crippen molar-refractivity contribution in [2.24, 2.45) is 5.73 Å². The molecule has 1 aromatic carbocycles. The molecule has 11 heteroatoms. The number of nitrogens with zero attached hydrogens (tertiary/aromatic N) is 2. The molecule has 1 atom stereocenters. The van der Waals surface area contributed by atoms with Gasteiger partial charge in [0.05, 0.1) is 11.1 Å². The Balaban J connectivity index is 1.94. The first-order valence-electron chi connectivity index (χ1n) is 9.00. The van der Waals surface area contributed by atoms with Crippen molar-refractivity contribution in [3.05, 3.63) is 40.8 Å². The Morgan fingerprint density at radius 3 is 2.83 bits per heavy atom. The third kappa shape index (κ3) is 4.47. The zero-order valence-electron chi connectivity index (χ0n) is 16.2. The van der Waals surface area contributed by atoms with E-state index in [4.69, 9.17) is 10.5 Å². The molecular formula is C19H20FN5O4S. The number of carbonyl (C=O) groups is 2. The van der Waals surface area contributed by atoms with Crippen LogP contribution in [0.3, 0.4) is 0 Å². The van der Waals surface area contributed by atoms with Gasteiger partial charge in [-0.05, 0) is 31.5 Å². The van der Waals surface area contributed by atoms with E-state index in [-0.39, 0.29) is 23.1 Å². The van der Waals surface area contributed by atoms with Gasteiger partial charge in [-0.25, -0.2) is 19.2 Å². The Bertz CT molecular complexity index is 1100. The van der Waals surface area contributed by atoms with E-state index in [1.807, 2.05) is 0 Å². The summed E-state index contributed by atoms with van der Waals surface area (Å²) in [5, 5.41) is 15.6. The first-order chi connectivity index (χ1) is 14.3. The van der Waals surface area contributed by atoms with Crippen LogP contribution in [0.15, 0.2) is 24.5 Å². The fourth-order valence-electron chi connectivity index (χ4n) is 2.78. The molecule has 2 heterocycles. The van der Waals surface area contributed by atoms with Gasteiger partial charge in [0.1, 0.15) is 33.4 Å². The quantitative estimate of drug-likeness (QED) is 0.425. The van der Waals surface area contributed by atoms with E-state index in [1.54, 1.807) is 6.92 Å². The predicted molar refractivity (Wildman–Crippen MR) is 111 cm³/mol. The number of aromatic nitrogens is 2. The summed E-state index contributed by atoms with van der Waals surface area (Å²) in [4.78, 5) is 32.5. The number of nitrogens with one attached hydrogen (secondary N) is 2. The number of halogens is 1. The number of rotatable bonds is 8. The van der Waals surface area contributed by atoms with E-state index in [0.717, 1.165) is 17.4 Å². The van der Waals surface area contributed by atoms with Crippen LogP contribution in [0.25, 0.3) is 10.2 Å². The molecule has 0 fully saturated rings. The number of hydrogen-bond acceptors (Lipinski definition) is 8. The van der Waals surface area contributed by atoms with Gasteiger partial charge in [-0.3, -0.25) is 4.79 Å². The van der Waals surface area contributed by atoms with Crippen LogP contribution in [-0.2, 0) is 4.79 Å². The maximum atomic E-state index is 13.8. The molecule has 2 aromatic heterocycles. The lowest BCUT2D eigenvalue weighted by molar-refractivity contribution is -0.127. The van der Waals surface area contributed by atoms with Crippen LogP contribution in [0.4, 0.5) is 15.9 Å². The van der Waals surface area contributed by atoms with Gasteiger partial charge < -0.3 is 26.2 Å². The summed E-state index contributed by atoms with van der Waals surface area (Å²) in [5.74, 6) is -1.54. The molecule has 0 saturated heterocycles. The molecule has 0 saturated carbocycles. The van der Waals surface area contributed by atoms with Crippen molar-refractivity contribution >= 4 is 44.9 Å². The Hall–Kier alpha value is -3.31. The lowest BCUT2D eigenvalue weighted by atomic mass is 10.2. The van der Waals surface area contributed by atoms with Crippen molar-refractivity contribution in [1.82, 2.24) is 15.3 Å². The molecule has 0 spiro atoms. The lowest BCUT2D eigenvalue weighted by Gasteiger charge is -2.18. The number of benzene rings is 1. The minimum Gasteiger partial charge on any atom is -0.479 e. The molecule has 0 aliphatic rings. The average Bonchev–Trinajstić information content (AvgIpc) is 3.06. The Morgan fingerprint density at radius 1 is 1.37 bits per heavy atom. The van der Waals surface area contributed by atoms with E-state index in [0.29, 0.717) is 33.8 Å². The minimum atomic E-state index is -1.05. The summed E-state index contributed by atoms with van der Waals surface area (Å²) in [5.41, 5.74) is 6.25. The summed E-state index contributed by atoms with van der Waals surface area (Å²) in [6.45, 7) is 3.78. The number of ether oxygens (including phenoxy) is 1. The molecule has 30 heavy (non-hydrogen) atoms. The number of nitrogens with two attached hydrogens (primary N) is 1. The van der Waals surface area contributed by atoms with Gasteiger partial charge in [-0.15, -0.1) is 11.3 Å². The van der Waals surface area contributed by atoms with Gasteiger partial charge in [-0.1, -0.05) is 0 Å². The molecule has 3 rings (SSSR count). The number of carbonyl (C=O) groups excluding carboxylic acids is 1. The summed E-state index contributed by atoms with van der Waals surface area (Å²) in [6, 6.07) is 3.83. The summed E-state index contributed by atoms with van der Waals surface area (Å²) < 4.78 is 19.5. The number of fused-ring (bicyclic) bond motifs is 1. The normalized spacial score (nSPS) is 11.9. The molecule has 5 N–H and O–H groups in total. The Kier molecular flexibility index (Phi) is 6.43. The van der Waals surface area contributed by atoms with Crippen LogP contribution in [0, 0.1) is 12.7 Å². The number of thiophene rings is 1. The fourth-order valence-corrected chi connectivity index (χ4v) is 3.77. The number of aromatic carboxylic acids is 1. The highest BCUT2D eigenvalue weighted by Gasteiger charge is 2.21. The average molecular weight is 433 g/mol. The monoisotopic (exact) mass is 433 g/mol. The van der Waals surface area contributed by atoms with Crippen LogP contribution in [0.2, 0.25) is 0 Å². The predicted octanol–water partition coefficient (Wildman–Crippen LogP) is 2.42. The number of anilines is 2. The van der Waals surface area contributed by atoms with Crippen molar-refractivity contribution in [2.45, 2.75) is 20.0 Å². The molecule has 0 aliphatic heterocycles. The minimum absolute atomic E-state index is 0.100. The highest BCUT2D eigenvalue weighted by Crippen LogP contribution is 2.36. The standard InChI is InChI=1S/C19H20FN5O4S/c1-9-14-16(23-8-24-18(14)30-15(9)19(27)28)25-12-4-3-11(20)7-13(12)29-10(2)17(26)22-6-5-21/h3-4,7-8,10H,5-6,21H2,1-2H3,(H,22,26)(H,27,28)(H,23,24,25). The van der Waals surface area contributed by atoms with Crippen molar-refractivity contribution in [3.8, 4) is 5.75 Å². The van der Waals surface area contributed by atoms with Crippen LogP contribution in [0.5, 0.6) is 5.75 Å². The van der Waals surface area contributed by atoms with E-state index >= 15 is 0 Å². The van der Waals surface area contributed by atoms with Gasteiger partial charge in [0.25, 0.3) is 5.91 Å².